The van der Waals surface area contributed by atoms with Crippen molar-refractivity contribution in [2.75, 3.05) is 7.11 Å². The standard InChI is InChI=1S/C13H13F3N4O4S/c1-8(20-7-5-10(18-20)13(14,15)16)11(21)19-25(22,23)12-9(24-2)4-3-6-17-12/h3-8H,1-2H3,(H,19,21). The molecule has 0 saturated heterocycles. The molecule has 0 aliphatic rings. The Labute approximate surface area is 140 Å². The lowest BCUT2D eigenvalue weighted by Gasteiger charge is -2.14. The molecule has 1 atom stereocenters. The van der Waals surface area contributed by atoms with Crippen molar-refractivity contribution in [2.45, 2.75) is 24.2 Å². The van der Waals surface area contributed by atoms with Crippen LogP contribution in [0.1, 0.15) is 18.7 Å². The molecule has 2 rings (SSSR count). The van der Waals surface area contributed by atoms with Gasteiger partial charge in [0.15, 0.2) is 11.4 Å². The highest BCUT2D eigenvalue weighted by atomic mass is 32.2. The van der Waals surface area contributed by atoms with Crippen molar-refractivity contribution in [3.05, 3.63) is 36.3 Å². The summed E-state index contributed by atoms with van der Waals surface area (Å²) in [6.07, 6.45) is -2.55. The molecule has 136 valence electrons. The van der Waals surface area contributed by atoms with Gasteiger partial charge in [0.25, 0.3) is 15.9 Å². The number of hydrogen-bond donors (Lipinski definition) is 1. The highest BCUT2D eigenvalue weighted by molar-refractivity contribution is 7.90. The molecule has 1 amide bonds. The summed E-state index contributed by atoms with van der Waals surface area (Å²) in [5.41, 5.74) is -1.19. The minimum Gasteiger partial charge on any atom is -0.494 e. The fraction of sp³-hybridized carbons (Fsp3) is 0.308. The Morgan fingerprint density at radius 2 is 2.04 bits per heavy atom. The van der Waals surface area contributed by atoms with Crippen molar-refractivity contribution >= 4 is 15.9 Å². The number of amides is 1. The molecule has 8 nitrogen and oxygen atoms in total. The first-order valence-corrected chi connectivity index (χ1v) is 8.22. The lowest BCUT2D eigenvalue weighted by Crippen LogP contribution is -2.36. The summed E-state index contributed by atoms with van der Waals surface area (Å²) in [5, 5.41) is 2.72. The highest BCUT2D eigenvalue weighted by Crippen LogP contribution is 2.28. The molecule has 0 bridgehead atoms. The van der Waals surface area contributed by atoms with Crippen molar-refractivity contribution < 1.29 is 31.1 Å². The number of hydrogen-bond acceptors (Lipinski definition) is 6. The number of rotatable bonds is 5. The summed E-state index contributed by atoms with van der Waals surface area (Å²) in [5.74, 6) is -1.17. The topological polar surface area (TPSA) is 103 Å². The molecule has 0 saturated carbocycles. The van der Waals surface area contributed by atoms with E-state index in [1.165, 1.54) is 32.4 Å². The molecule has 0 aliphatic heterocycles. The summed E-state index contributed by atoms with van der Waals surface area (Å²) < 4.78 is 69.4. The molecule has 0 aromatic carbocycles. The van der Waals surface area contributed by atoms with Crippen LogP contribution in [0, 0.1) is 0 Å². The molecule has 0 radical (unpaired) electrons. The fourth-order valence-electron chi connectivity index (χ4n) is 1.82. The summed E-state index contributed by atoms with van der Waals surface area (Å²) in [6, 6.07) is 2.14. The number of alkyl halides is 3. The number of methoxy groups -OCH3 is 1. The molecule has 0 aliphatic carbocycles. The van der Waals surface area contributed by atoms with Crippen LogP contribution in [-0.4, -0.2) is 36.2 Å². The van der Waals surface area contributed by atoms with Gasteiger partial charge in [-0.25, -0.2) is 9.71 Å². The number of nitrogens with one attached hydrogen (secondary N) is 1. The molecule has 1 N–H and O–H groups in total. The molecule has 1 unspecified atom stereocenters. The smallest absolute Gasteiger partial charge is 0.435 e. The number of pyridine rings is 1. The Kier molecular flexibility index (Phi) is 5.02. The van der Waals surface area contributed by atoms with Gasteiger partial charge in [-0.3, -0.25) is 9.48 Å². The highest BCUT2D eigenvalue weighted by Gasteiger charge is 2.35. The number of aromatic nitrogens is 3. The van der Waals surface area contributed by atoms with E-state index in [1.54, 1.807) is 4.72 Å². The lowest BCUT2D eigenvalue weighted by molar-refractivity contribution is -0.142. The van der Waals surface area contributed by atoms with Gasteiger partial charge >= 0.3 is 6.18 Å². The van der Waals surface area contributed by atoms with Crippen molar-refractivity contribution in [2.24, 2.45) is 0 Å². The average Bonchev–Trinajstić information content (AvgIpc) is 3.03. The van der Waals surface area contributed by atoms with E-state index < -0.39 is 38.9 Å². The van der Waals surface area contributed by atoms with Crippen molar-refractivity contribution in [3.63, 3.8) is 0 Å². The van der Waals surface area contributed by atoms with E-state index in [-0.39, 0.29) is 5.75 Å². The molecule has 12 heteroatoms. The number of nitrogens with zero attached hydrogens (tertiary/aromatic N) is 3. The normalized spacial score (nSPS) is 13.3. The minimum atomic E-state index is -4.67. The zero-order valence-corrected chi connectivity index (χ0v) is 13.8. The average molecular weight is 378 g/mol. The number of sulfonamides is 1. The third-order valence-corrected chi connectivity index (χ3v) is 4.41. The number of halogens is 3. The van der Waals surface area contributed by atoms with Crippen LogP contribution in [0.5, 0.6) is 5.75 Å². The maximum absolute atomic E-state index is 12.5. The van der Waals surface area contributed by atoms with E-state index in [1.807, 2.05) is 0 Å². The molecular weight excluding hydrogens is 365 g/mol. The van der Waals surface area contributed by atoms with E-state index in [4.69, 9.17) is 4.74 Å². The van der Waals surface area contributed by atoms with Gasteiger partial charge in [-0.2, -0.15) is 26.7 Å². The molecule has 0 spiro atoms. The van der Waals surface area contributed by atoms with Crippen molar-refractivity contribution in [1.82, 2.24) is 19.5 Å². The maximum atomic E-state index is 12.5. The maximum Gasteiger partial charge on any atom is 0.435 e. The number of ether oxygens (including phenoxy) is 1. The second-order valence-electron chi connectivity index (χ2n) is 4.84. The molecule has 0 fully saturated rings. The van der Waals surface area contributed by atoms with Gasteiger partial charge in [0.2, 0.25) is 5.03 Å². The van der Waals surface area contributed by atoms with E-state index in [2.05, 4.69) is 10.1 Å². The largest absolute Gasteiger partial charge is 0.494 e. The van der Waals surface area contributed by atoms with Crippen molar-refractivity contribution in [3.8, 4) is 5.75 Å². The lowest BCUT2D eigenvalue weighted by atomic mass is 10.3. The molecular formula is C13H13F3N4O4S. The van der Waals surface area contributed by atoms with Gasteiger partial charge in [0, 0.05) is 12.4 Å². The Bertz CT molecular complexity index is 879. The monoisotopic (exact) mass is 378 g/mol. The van der Waals surface area contributed by atoms with Gasteiger partial charge in [-0.1, -0.05) is 0 Å². The van der Waals surface area contributed by atoms with Crippen LogP contribution in [0.3, 0.4) is 0 Å². The predicted octanol–water partition coefficient (Wildman–Crippen LogP) is 1.37. The van der Waals surface area contributed by atoms with Gasteiger partial charge in [0.1, 0.15) is 6.04 Å². The summed E-state index contributed by atoms with van der Waals surface area (Å²) in [7, 11) is -3.15. The van der Waals surface area contributed by atoms with E-state index in [0.717, 1.165) is 6.20 Å². The first-order valence-electron chi connectivity index (χ1n) is 6.74. The zero-order chi connectivity index (χ0) is 18.8. The summed E-state index contributed by atoms with van der Waals surface area (Å²) in [4.78, 5) is 15.7. The van der Waals surface area contributed by atoms with Crippen molar-refractivity contribution in [1.29, 1.82) is 0 Å². The first kappa shape index (κ1) is 18.7. The minimum absolute atomic E-state index is 0.0890. The Hall–Kier alpha value is -2.63. The third-order valence-electron chi connectivity index (χ3n) is 3.12. The molecule has 25 heavy (non-hydrogen) atoms. The SMILES string of the molecule is COc1cccnc1S(=O)(=O)NC(=O)C(C)n1ccc(C(F)(F)F)n1. The Morgan fingerprint density at radius 3 is 2.60 bits per heavy atom. The van der Waals surface area contributed by atoms with Crippen LogP contribution in [0.25, 0.3) is 0 Å². The quantitative estimate of drug-likeness (QED) is 0.843. The predicted molar refractivity (Wildman–Crippen MR) is 78.1 cm³/mol. The van der Waals surface area contributed by atoms with Crippen LogP contribution >= 0.6 is 0 Å². The van der Waals surface area contributed by atoms with Gasteiger partial charge in [-0.15, -0.1) is 0 Å². The second kappa shape index (κ2) is 6.70. The van der Waals surface area contributed by atoms with Gasteiger partial charge in [0.05, 0.1) is 7.11 Å². The van der Waals surface area contributed by atoms with Gasteiger partial charge < -0.3 is 4.74 Å². The van der Waals surface area contributed by atoms with Gasteiger partial charge in [-0.05, 0) is 25.1 Å². The van der Waals surface area contributed by atoms with E-state index >= 15 is 0 Å². The number of carbonyl (C=O) groups excluding carboxylic acids is 1. The van der Waals surface area contributed by atoms with Crippen LogP contribution in [-0.2, 0) is 21.0 Å². The first-order chi connectivity index (χ1) is 11.6. The van der Waals surface area contributed by atoms with E-state index in [0.29, 0.717) is 10.7 Å². The van der Waals surface area contributed by atoms with Crippen LogP contribution in [0.15, 0.2) is 35.6 Å². The zero-order valence-electron chi connectivity index (χ0n) is 13.0. The van der Waals surface area contributed by atoms with Crippen LogP contribution in [0.2, 0.25) is 0 Å². The summed E-state index contributed by atoms with van der Waals surface area (Å²) in [6.45, 7) is 1.20. The third kappa shape index (κ3) is 4.07. The Morgan fingerprint density at radius 1 is 1.36 bits per heavy atom. The summed E-state index contributed by atoms with van der Waals surface area (Å²) >= 11 is 0. The second-order valence-corrected chi connectivity index (χ2v) is 6.43. The van der Waals surface area contributed by atoms with Crippen LogP contribution < -0.4 is 9.46 Å². The Balaban J connectivity index is 2.22. The van der Waals surface area contributed by atoms with E-state index in [9.17, 15) is 26.4 Å². The molecule has 2 aromatic heterocycles. The molecule has 2 heterocycles. The fourth-order valence-corrected chi connectivity index (χ4v) is 2.97. The number of carbonyl (C=O) groups is 1. The van der Waals surface area contributed by atoms with Crippen LogP contribution in [0.4, 0.5) is 13.2 Å². The molecule has 2 aromatic rings.